The van der Waals surface area contributed by atoms with Gasteiger partial charge in [0.15, 0.2) is 5.78 Å². The summed E-state index contributed by atoms with van der Waals surface area (Å²) >= 11 is 1.54. The molecule has 1 saturated heterocycles. The van der Waals surface area contributed by atoms with Gasteiger partial charge in [0.25, 0.3) is 0 Å². The maximum atomic E-state index is 12.5. The second-order valence-corrected chi connectivity index (χ2v) is 8.01. The Balaban J connectivity index is 1.51. The quantitative estimate of drug-likeness (QED) is 0.668. The molecule has 3 aromatic rings. The first-order valence-corrected chi connectivity index (χ1v) is 9.79. The normalized spacial score (nSPS) is 18.1. The van der Waals surface area contributed by atoms with E-state index in [1.54, 1.807) is 12.4 Å². The molecule has 1 aliphatic rings. The zero-order valence-corrected chi connectivity index (χ0v) is 16.2. The van der Waals surface area contributed by atoms with Crippen molar-refractivity contribution >= 4 is 28.0 Å². The van der Waals surface area contributed by atoms with E-state index in [0.717, 1.165) is 38.7 Å². The molecule has 27 heavy (non-hydrogen) atoms. The number of carbonyl (C=O) groups excluding carboxylic acids is 1. The van der Waals surface area contributed by atoms with Crippen molar-refractivity contribution in [2.45, 2.75) is 26.3 Å². The lowest BCUT2D eigenvalue weighted by Crippen LogP contribution is -2.46. The third-order valence-electron chi connectivity index (χ3n) is 4.66. The number of pyridine rings is 2. The first kappa shape index (κ1) is 18.1. The SMILES string of the molecule is Cc1nnc(-c2cnc3cnc(CC(=O)CN4CCOC[C@H]4C)cc3c2)s1. The summed E-state index contributed by atoms with van der Waals surface area (Å²) < 4.78 is 5.43. The molecule has 0 aromatic carbocycles. The molecule has 0 unspecified atom stereocenters. The number of hydrogen-bond donors (Lipinski definition) is 0. The molecule has 3 aromatic heterocycles. The highest BCUT2D eigenvalue weighted by molar-refractivity contribution is 7.14. The van der Waals surface area contributed by atoms with Gasteiger partial charge in [-0.1, -0.05) is 11.3 Å². The number of ether oxygens (including phenoxy) is 1. The van der Waals surface area contributed by atoms with Crippen molar-refractivity contribution in [2.24, 2.45) is 0 Å². The van der Waals surface area contributed by atoms with Gasteiger partial charge >= 0.3 is 0 Å². The Bertz CT molecular complexity index is 974. The average Bonchev–Trinajstić information content (AvgIpc) is 3.09. The summed E-state index contributed by atoms with van der Waals surface area (Å²) in [6.45, 7) is 6.62. The summed E-state index contributed by atoms with van der Waals surface area (Å²) in [6.07, 6.45) is 3.83. The Morgan fingerprint density at radius 3 is 2.96 bits per heavy atom. The van der Waals surface area contributed by atoms with Crippen LogP contribution in [0.2, 0.25) is 0 Å². The largest absolute Gasteiger partial charge is 0.379 e. The van der Waals surface area contributed by atoms with Gasteiger partial charge in [-0.25, -0.2) is 0 Å². The van der Waals surface area contributed by atoms with Crippen molar-refractivity contribution in [3.05, 3.63) is 35.2 Å². The van der Waals surface area contributed by atoms with Gasteiger partial charge in [0.05, 0.1) is 37.9 Å². The van der Waals surface area contributed by atoms with Crippen LogP contribution in [0.25, 0.3) is 21.5 Å². The molecule has 0 saturated carbocycles. The molecule has 1 atom stereocenters. The molecule has 4 heterocycles. The highest BCUT2D eigenvalue weighted by Crippen LogP contribution is 2.25. The van der Waals surface area contributed by atoms with E-state index in [9.17, 15) is 4.79 Å². The molecule has 140 valence electrons. The van der Waals surface area contributed by atoms with Crippen molar-refractivity contribution in [1.29, 1.82) is 0 Å². The molecular formula is C19H21N5O2S. The summed E-state index contributed by atoms with van der Waals surface area (Å²) in [5.41, 5.74) is 2.50. The van der Waals surface area contributed by atoms with Crippen molar-refractivity contribution in [2.75, 3.05) is 26.3 Å². The van der Waals surface area contributed by atoms with Crippen LogP contribution in [0.5, 0.6) is 0 Å². The number of fused-ring (bicyclic) bond motifs is 1. The van der Waals surface area contributed by atoms with Crippen LogP contribution in [0.4, 0.5) is 0 Å². The van der Waals surface area contributed by atoms with Crippen molar-refractivity contribution in [3.8, 4) is 10.6 Å². The van der Waals surface area contributed by atoms with Crippen LogP contribution < -0.4 is 0 Å². The summed E-state index contributed by atoms with van der Waals surface area (Å²) in [5.74, 6) is 0.166. The molecule has 1 aliphatic heterocycles. The van der Waals surface area contributed by atoms with Crippen LogP contribution in [-0.4, -0.2) is 63.2 Å². The topological polar surface area (TPSA) is 81.1 Å². The summed E-state index contributed by atoms with van der Waals surface area (Å²) in [7, 11) is 0. The third kappa shape index (κ3) is 4.18. The van der Waals surface area contributed by atoms with Gasteiger partial charge in [0, 0.05) is 35.4 Å². The van der Waals surface area contributed by atoms with Crippen LogP contribution >= 0.6 is 11.3 Å². The van der Waals surface area contributed by atoms with Crippen LogP contribution in [-0.2, 0) is 16.0 Å². The summed E-state index contributed by atoms with van der Waals surface area (Å²) in [4.78, 5) is 23.5. The first-order valence-electron chi connectivity index (χ1n) is 8.97. The van der Waals surface area contributed by atoms with E-state index in [1.807, 2.05) is 19.1 Å². The minimum atomic E-state index is 0.166. The van der Waals surface area contributed by atoms with Crippen LogP contribution in [0.15, 0.2) is 24.5 Å². The molecule has 0 amide bonds. The van der Waals surface area contributed by atoms with Gasteiger partial charge in [-0.3, -0.25) is 19.7 Å². The van der Waals surface area contributed by atoms with E-state index in [2.05, 4.69) is 32.0 Å². The van der Waals surface area contributed by atoms with E-state index in [4.69, 9.17) is 4.74 Å². The van der Waals surface area contributed by atoms with Gasteiger partial charge in [-0.2, -0.15) is 0 Å². The van der Waals surface area contributed by atoms with E-state index < -0.39 is 0 Å². The second-order valence-electron chi connectivity index (χ2n) is 6.83. The Morgan fingerprint density at radius 1 is 1.30 bits per heavy atom. The van der Waals surface area contributed by atoms with E-state index in [-0.39, 0.29) is 11.8 Å². The van der Waals surface area contributed by atoms with Crippen LogP contribution in [0, 0.1) is 6.92 Å². The van der Waals surface area contributed by atoms with Crippen molar-refractivity contribution < 1.29 is 9.53 Å². The number of ketones is 1. The average molecular weight is 383 g/mol. The standard InChI is InChI=1S/C19H21N5O2S/c1-12-11-26-4-3-24(12)10-17(25)7-16-6-14-5-15(8-21-18(14)9-20-16)19-23-22-13(2)27-19/h5-6,8-9,12H,3-4,7,10-11H2,1-2H3/t12-/m1/s1. The fraction of sp³-hybridized carbons (Fsp3) is 0.421. The lowest BCUT2D eigenvalue weighted by molar-refractivity contribution is -0.121. The molecule has 7 nitrogen and oxygen atoms in total. The predicted molar refractivity (Wildman–Crippen MR) is 104 cm³/mol. The molecule has 0 aliphatic carbocycles. The molecule has 0 spiro atoms. The summed E-state index contributed by atoms with van der Waals surface area (Å²) in [5, 5.41) is 11.0. The fourth-order valence-electron chi connectivity index (χ4n) is 3.18. The number of aryl methyl sites for hydroxylation is 1. The number of rotatable bonds is 5. The minimum Gasteiger partial charge on any atom is -0.379 e. The summed E-state index contributed by atoms with van der Waals surface area (Å²) in [6, 6.07) is 4.25. The lowest BCUT2D eigenvalue weighted by atomic mass is 10.1. The maximum absolute atomic E-state index is 12.5. The number of nitrogens with zero attached hydrogens (tertiary/aromatic N) is 5. The second kappa shape index (κ2) is 7.75. The molecular weight excluding hydrogens is 362 g/mol. The third-order valence-corrected chi connectivity index (χ3v) is 5.55. The zero-order valence-electron chi connectivity index (χ0n) is 15.4. The first-order chi connectivity index (χ1) is 13.1. The Hall–Kier alpha value is -2.29. The molecule has 0 radical (unpaired) electrons. The zero-order chi connectivity index (χ0) is 18.8. The van der Waals surface area contributed by atoms with Crippen LogP contribution in [0.1, 0.15) is 17.6 Å². The number of hydrogen-bond acceptors (Lipinski definition) is 8. The molecule has 0 N–H and O–H groups in total. The Labute approximate surface area is 161 Å². The minimum absolute atomic E-state index is 0.166. The smallest absolute Gasteiger partial charge is 0.152 e. The number of morpholine rings is 1. The van der Waals surface area contributed by atoms with Gasteiger partial charge < -0.3 is 4.74 Å². The Kier molecular flexibility index (Phi) is 5.20. The molecule has 4 rings (SSSR count). The number of carbonyl (C=O) groups is 1. The highest BCUT2D eigenvalue weighted by Gasteiger charge is 2.21. The number of aromatic nitrogens is 4. The van der Waals surface area contributed by atoms with Crippen LogP contribution in [0.3, 0.4) is 0 Å². The van der Waals surface area contributed by atoms with E-state index in [1.165, 1.54) is 11.3 Å². The van der Waals surface area contributed by atoms with Gasteiger partial charge in [-0.05, 0) is 26.0 Å². The molecule has 8 heteroatoms. The van der Waals surface area contributed by atoms with E-state index in [0.29, 0.717) is 26.2 Å². The van der Waals surface area contributed by atoms with Gasteiger partial charge in [-0.15, -0.1) is 10.2 Å². The predicted octanol–water partition coefficient (Wildman–Crippen LogP) is 2.29. The van der Waals surface area contributed by atoms with E-state index >= 15 is 0 Å². The van der Waals surface area contributed by atoms with Crippen molar-refractivity contribution in [3.63, 3.8) is 0 Å². The lowest BCUT2D eigenvalue weighted by Gasteiger charge is -2.32. The van der Waals surface area contributed by atoms with Crippen molar-refractivity contribution in [1.82, 2.24) is 25.1 Å². The maximum Gasteiger partial charge on any atom is 0.152 e. The van der Waals surface area contributed by atoms with Gasteiger partial charge in [0.1, 0.15) is 10.0 Å². The fourth-order valence-corrected chi connectivity index (χ4v) is 3.86. The monoisotopic (exact) mass is 383 g/mol. The van der Waals surface area contributed by atoms with Gasteiger partial charge in [0.2, 0.25) is 0 Å². The Morgan fingerprint density at radius 2 is 2.19 bits per heavy atom. The molecule has 0 bridgehead atoms. The number of Topliss-reactive ketones (excluding diaryl/α,β-unsaturated/α-hetero) is 1. The highest BCUT2D eigenvalue weighted by atomic mass is 32.1. The molecule has 1 fully saturated rings.